The van der Waals surface area contributed by atoms with Gasteiger partial charge in [0.25, 0.3) is 0 Å². The van der Waals surface area contributed by atoms with E-state index in [1.165, 1.54) is 5.17 Å². The monoisotopic (exact) mass is 86.0 g/mol. The number of hydrazine groups is 1. The van der Waals surface area contributed by atoms with Crippen LogP contribution in [-0.4, -0.2) is 12.2 Å². The molecule has 1 aliphatic rings. The van der Waals surface area contributed by atoms with E-state index in [0.29, 0.717) is 0 Å². The molecule has 1 rings (SSSR count). The molecule has 0 unspecified atom stereocenters. The van der Waals surface area contributed by atoms with Crippen molar-refractivity contribution in [1.82, 2.24) is 10.6 Å². The largest absolute Gasteiger partial charge is 0.393 e. The van der Waals surface area contributed by atoms with Gasteiger partial charge in [0, 0.05) is 7.05 Å². The van der Waals surface area contributed by atoms with Gasteiger partial charge in [0.1, 0.15) is 6.26 Å². The summed E-state index contributed by atoms with van der Waals surface area (Å²) < 4.78 is 0. The van der Waals surface area contributed by atoms with E-state index in [1.54, 1.807) is 19.5 Å². The molecule has 0 aromatic rings. The molecule has 0 spiro atoms. The Balaban J connectivity index is 2.32. The summed E-state index contributed by atoms with van der Waals surface area (Å²) in [6.45, 7) is 0. The minimum Gasteiger partial charge on any atom is -0.393 e. The zero-order valence-electron chi connectivity index (χ0n) is 3.51. The van der Waals surface area contributed by atoms with E-state index in [9.17, 15) is 0 Å². The van der Waals surface area contributed by atoms with Gasteiger partial charge in [-0.2, -0.15) is 0 Å². The van der Waals surface area contributed by atoms with Crippen molar-refractivity contribution in [1.29, 1.82) is 0 Å². The molecule has 0 saturated carbocycles. The van der Waals surface area contributed by atoms with E-state index in [0.717, 1.165) is 0 Å². The average Bonchev–Trinajstić information content (AvgIpc) is 1.86. The standard InChI is InChI=1S/C3H6N2O/c1-5-4-2-3-6-5/h2-4H,1H3. The van der Waals surface area contributed by atoms with E-state index in [-0.39, 0.29) is 0 Å². The van der Waals surface area contributed by atoms with Gasteiger partial charge in [-0.05, 0) is 0 Å². The fourth-order valence-corrected chi connectivity index (χ4v) is 0.288. The molecule has 0 saturated heterocycles. The van der Waals surface area contributed by atoms with Crippen molar-refractivity contribution in [3.05, 3.63) is 12.5 Å². The van der Waals surface area contributed by atoms with Crippen LogP contribution in [-0.2, 0) is 4.84 Å². The number of hydrogen-bond acceptors (Lipinski definition) is 3. The molecule has 3 heteroatoms. The fourth-order valence-electron chi connectivity index (χ4n) is 0.288. The van der Waals surface area contributed by atoms with Gasteiger partial charge in [0.15, 0.2) is 0 Å². The second-order valence-electron chi connectivity index (χ2n) is 1.03. The van der Waals surface area contributed by atoms with Gasteiger partial charge in [-0.25, -0.2) is 0 Å². The first-order valence-corrected chi connectivity index (χ1v) is 1.71. The zero-order valence-corrected chi connectivity index (χ0v) is 3.51. The molecule has 34 valence electrons. The van der Waals surface area contributed by atoms with E-state index >= 15 is 0 Å². The van der Waals surface area contributed by atoms with Crippen molar-refractivity contribution in [2.75, 3.05) is 7.05 Å². The Morgan fingerprint density at radius 3 is 2.83 bits per heavy atom. The average molecular weight is 86.1 g/mol. The third kappa shape index (κ3) is 0.440. The Kier molecular flexibility index (Phi) is 0.686. The van der Waals surface area contributed by atoms with Gasteiger partial charge in [-0.1, -0.05) is 5.17 Å². The molecule has 0 atom stereocenters. The van der Waals surface area contributed by atoms with Crippen LogP contribution in [0.4, 0.5) is 0 Å². The molecule has 0 aromatic heterocycles. The fraction of sp³-hybridized carbons (Fsp3) is 0.333. The SMILES string of the molecule is CN1NC=CO1. The number of nitrogens with zero attached hydrogens (tertiary/aromatic N) is 1. The minimum absolute atomic E-state index is 1.50. The Morgan fingerprint density at radius 1 is 1.83 bits per heavy atom. The van der Waals surface area contributed by atoms with Gasteiger partial charge in [0.2, 0.25) is 0 Å². The third-order valence-corrected chi connectivity index (χ3v) is 0.543. The van der Waals surface area contributed by atoms with Crippen molar-refractivity contribution in [3.8, 4) is 0 Å². The first kappa shape index (κ1) is 3.49. The minimum atomic E-state index is 1.50. The van der Waals surface area contributed by atoms with Crippen molar-refractivity contribution in [3.63, 3.8) is 0 Å². The lowest BCUT2D eigenvalue weighted by Crippen LogP contribution is -2.22. The molecule has 6 heavy (non-hydrogen) atoms. The summed E-state index contributed by atoms with van der Waals surface area (Å²) in [5.41, 5.74) is 2.75. The normalized spacial score (nSPS) is 20.2. The van der Waals surface area contributed by atoms with Crippen molar-refractivity contribution >= 4 is 0 Å². The highest BCUT2D eigenvalue weighted by Crippen LogP contribution is 1.86. The summed E-state index contributed by atoms with van der Waals surface area (Å²) in [6, 6.07) is 0. The summed E-state index contributed by atoms with van der Waals surface area (Å²) in [5, 5.41) is 1.50. The molecule has 1 aliphatic heterocycles. The van der Waals surface area contributed by atoms with Crippen molar-refractivity contribution in [2.24, 2.45) is 0 Å². The second-order valence-corrected chi connectivity index (χ2v) is 1.03. The van der Waals surface area contributed by atoms with Crippen molar-refractivity contribution < 1.29 is 4.84 Å². The van der Waals surface area contributed by atoms with Gasteiger partial charge in [-0.3, -0.25) is 5.43 Å². The molecular weight excluding hydrogens is 80.0 g/mol. The van der Waals surface area contributed by atoms with Crippen LogP contribution in [0.25, 0.3) is 0 Å². The Hall–Kier alpha value is -0.700. The number of rotatable bonds is 0. The van der Waals surface area contributed by atoms with Crippen LogP contribution in [0.1, 0.15) is 0 Å². The van der Waals surface area contributed by atoms with E-state index in [1.807, 2.05) is 0 Å². The lowest BCUT2D eigenvalue weighted by molar-refractivity contribution is -0.0875. The quantitative estimate of drug-likeness (QED) is 0.443. The lowest BCUT2D eigenvalue weighted by atomic mass is 11.0. The van der Waals surface area contributed by atoms with Crippen LogP contribution in [0.2, 0.25) is 0 Å². The molecule has 3 nitrogen and oxygen atoms in total. The van der Waals surface area contributed by atoms with Crippen molar-refractivity contribution in [2.45, 2.75) is 0 Å². The molecule has 0 fully saturated rings. The highest BCUT2D eigenvalue weighted by Gasteiger charge is 1.93. The van der Waals surface area contributed by atoms with E-state index < -0.39 is 0 Å². The Bertz CT molecular complexity index is 63.2. The first-order valence-electron chi connectivity index (χ1n) is 1.71. The summed E-state index contributed by atoms with van der Waals surface area (Å²) in [4.78, 5) is 4.69. The van der Waals surface area contributed by atoms with Gasteiger partial charge in [0.05, 0.1) is 6.20 Å². The topological polar surface area (TPSA) is 24.5 Å². The smallest absolute Gasteiger partial charge is 0.131 e. The number of hydroxylamine groups is 1. The Labute approximate surface area is 36.1 Å². The molecule has 0 radical (unpaired) electrons. The molecule has 0 aliphatic carbocycles. The molecule has 1 N–H and O–H groups in total. The summed E-state index contributed by atoms with van der Waals surface area (Å²) >= 11 is 0. The lowest BCUT2D eigenvalue weighted by Gasteiger charge is -2.03. The zero-order chi connectivity index (χ0) is 4.41. The molecule has 1 heterocycles. The maximum atomic E-state index is 4.69. The van der Waals surface area contributed by atoms with Crippen LogP contribution in [0.5, 0.6) is 0 Å². The summed E-state index contributed by atoms with van der Waals surface area (Å²) in [7, 11) is 1.78. The van der Waals surface area contributed by atoms with Gasteiger partial charge < -0.3 is 4.84 Å². The molecular formula is C3H6N2O. The van der Waals surface area contributed by atoms with Crippen LogP contribution in [0, 0.1) is 0 Å². The molecule has 0 aromatic carbocycles. The van der Waals surface area contributed by atoms with Crippen LogP contribution in [0.3, 0.4) is 0 Å². The maximum absolute atomic E-state index is 4.69. The Morgan fingerprint density at radius 2 is 2.67 bits per heavy atom. The maximum Gasteiger partial charge on any atom is 0.131 e. The van der Waals surface area contributed by atoms with E-state index in [4.69, 9.17) is 4.84 Å². The predicted octanol–water partition coefficient (Wildman–Crippen LogP) is -0.161. The second kappa shape index (κ2) is 1.18. The van der Waals surface area contributed by atoms with Gasteiger partial charge in [-0.15, -0.1) is 0 Å². The first-order chi connectivity index (χ1) is 2.89. The van der Waals surface area contributed by atoms with Crippen LogP contribution < -0.4 is 5.43 Å². The predicted molar refractivity (Wildman–Crippen MR) is 21.1 cm³/mol. The van der Waals surface area contributed by atoms with Crippen LogP contribution >= 0.6 is 0 Å². The number of hydrogen-bond donors (Lipinski definition) is 1. The van der Waals surface area contributed by atoms with Gasteiger partial charge >= 0.3 is 0 Å². The van der Waals surface area contributed by atoms with Crippen LogP contribution in [0.15, 0.2) is 12.5 Å². The molecule has 0 bridgehead atoms. The van der Waals surface area contributed by atoms with E-state index in [2.05, 4.69) is 5.43 Å². The highest BCUT2D eigenvalue weighted by atomic mass is 16.7. The summed E-state index contributed by atoms with van der Waals surface area (Å²) in [5.74, 6) is 0. The third-order valence-electron chi connectivity index (χ3n) is 0.543. The summed E-state index contributed by atoms with van der Waals surface area (Å²) in [6.07, 6.45) is 3.28. The highest BCUT2D eigenvalue weighted by molar-refractivity contribution is 4.70. The number of nitrogens with one attached hydrogen (secondary N) is 1. The molecule has 0 amide bonds.